The van der Waals surface area contributed by atoms with Gasteiger partial charge in [0, 0.05) is 13.0 Å². The third-order valence-corrected chi connectivity index (χ3v) is 6.89. The first-order valence-corrected chi connectivity index (χ1v) is 11.2. The quantitative estimate of drug-likeness (QED) is 0.635. The Bertz CT molecular complexity index is 1070. The molecule has 2 amide bonds. The maximum atomic E-state index is 14.6. The first kappa shape index (κ1) is 23.7. The number of alkyl halides is 2. The molecule has 1 fully saturated rings. The first-order valence-electron chi connectivity index (χ1n) is 11.2. The summed E-state index contributed by atoms with van der Waals surface area (Å²) in [5.74, 6) is -7.16. The van der Waals surface area contributed by atoms with Crippen molar-refractivity contribution in [2.45, 2.75) is 43.1 Å². The molecule has 2 N–H and O–H groups in total. The van der Waals surface area contributed by atoms with Gasteiger partial charge in [-0.05, 0) is 35.1 Å². The monoisotopic (exact) mass is 472 g/mol. The number of ether oxygens (including phenoxy) is 1. The summed E-state index contributed by atoms with van der Waals surface area (Å²) in [5.41, 5.74) is 2.38. The van der Waals surface area contributed by atoms with Gasteiger partial charge in [0.1, 0.15) is 12.1 Å². The average Bonchev–Trinajstić information content (AvgIpc) is 3.45. The second-order valence-electron chi connectivity index (χ2n) is 8.79. The predicted octanol–water partition coefficient (Wildman–Crippen LogP) is 4.02. The fourth-order valence-corrected chi connectivity index (χ4v) is 5.00. The molecule has 7 nitrogen and oxygen atoms in total. The van der Waals surface area contributed by atoms with E-state index < -0.39 is 36.0 Å². The van der Waals surface area contributed by atoms with E-state index in [-0.39, 0.29) is 25.4 Å². The number of carbonyl (C=O) groups is 3. The van der Waals surface area contributed by atoms with Gasteiger partial charge in [-0.25, -0.2) is 9.59 Å². The Kier molecular flexibility index (Phi) is 6.29. The van der Waals surface area contributed by atoms with Crippen LogP contribution in [-0.4, -0.2) is 59.6 Å². The molecule has 0 heterocycles. The van der Waals surface area contributed by atoms with Crippen LogP contribution < -0.4 is 5.32 Å². The summed E-state index contributed by atoms with van der Waals surface area (Å²) < 4.78 is 34.4. The molecule has 9 heteroatoms. The van der Waals surface area contributed by atoms with Crippen LogP contribution >= 0.6 is 0 Å². The molecule has 2 aromatic carbocycles. The summed E-state index contributed by atoms with van der Waals surface area (Å²) in [7, 11) is 1.07. The summed E-state index contributed by atoms with van der Waals surface area (Å²) >= 11 is 0. The summed E-state index contributed by atoms with van der Waals surface area (Å²) in [6.07, 6.45) is 0.216. The number of nitrogens with zero attached hydrogens (tertiary/aromatic N) is 1. The number of carbonyl (C=O) groups excluding carboxylic acids is 2. The van der Waals surface area contributed by atoms with Crippen molar-refractivity contribution in [3.05, 3.63) is 59.7 Å². The number of carboxylic acids is 1. The Morgan fingerprint density at radius 2 is 1.59 bits per heavy atom. The van der Waals surface area contributed by atoms with Crippen LogP contribution in [0.4, 0.5) is 13.6 Å². The smallest absolute Gasteiger partial charge is 0.407 e. The zero-order chi connectivity index (χ0) is 24.5. The lowest BCUT2D eigenvalue weighted by molar-refractivity contribution is -0.170. The molecule has 0 bridgehead atoms. The second kappa shape index (κ2) is 9.04. The Hall–Kier alpha value is -3.49. The normalized spacial score (nSPS) is 16.4. The lowest BCUT2D eigenvalue weighted by Crippen LogP contribution is -2.59. The molecular weight excluding hydrogens is 446 g/mol. The summed E-state index contributed by atoms with van der Waals surface area (Å²) in [4.78, 5) is 37.0. The van der Waals surface area contributed by atoms with E-state index in [2.05, 4.69) is 0 Å². The molecule has 2 aliphatic carbocycles. The zero-order valence-electron chi connectivity index (χ0n) is 18.7. The molecule has 4 rings (SSSR count). The third kappa shape index (κ3) is 4.10. The van der Waals surface area contributed by atoms with Crippen LogP contribution in [0.25, 0.3) is 11.1 Å². The van der Waals surface area contributed by atoms with E-state index in [1.165, 1.54) is 0 Å². The van der Waals surface area contributed by atoms with Crippen LogP contribution in [0.1, 0.15) is 42.7 Å². The van der Waals surface area contributed by atoms with Crippen LogP contribution in [0.15, 0.2) is 48.5 Å². The minimum atomic E-state index is -3.98. The van der Waals surface area contributed by atoms with Crippen LogP contribution in [-0.2, 0) is 14.3 Å². The number of benzene rings is 2. The molecule has 0 saturated heterocycles. The molecule has 0 aliphatic heterocycles. The lowest BCUT2D eigenvalue weighted by Gasteiger charge is -2.36. The number of halogens is 2. The van der Waals surface area contributed by atoms with E-state index in [1.807, 2.05) is 53.8 Å². The van der Waals surface area contributed by atoms with Gasteiger partial charge >= 0.3 is 18.0 Å². The molecule has 2 aliphatic rings. The van der Waals surface area contributed by atoms with Crippen molar-refractivity contribution in [1.29, 1.82) is 0 Å². The SMILES string of the molecule is CN(C(=O)C(F)(F)CNC(=O)OCC1c2ccccc2-c2ccccc21)C1(C(=O)O)CCCC1. The first-order chi connectivity index (χ1) is 16.2. The standard InChI is InChI=1S/C25H26F2N2O5/c1-29(24(22(31)32)12-6-7-13-24)21(30)25(26,27)15-28-23(33)34-14-20-18-10-4-2-8-16(18)17-9-3-5-11-19(17)20/h2-5,8-11,20H,6-7,12-15H2,1H3,(H,28,33)(H,31,32). The van der Waals surface area contributed by atoms with Gasteiger partial charge in [0.2, 0.25) is 0 Å². The van der Waals surface area contributed by atoms with E-state index in [4.69, 9.17) is 4.74 Å². The number of hydrogen-bond acceptors (Lipinski definition) is 4. The van der Waals surface area contributed by atoms with Crippen molar-refractivity contribution in [3.8, 4) is 11.1 Å². The van der Waals surface area contributed by atoms with Crippen molar-refractivity contribution in [2.24, 2.45) is 0 Å². The van der Waals surface area contributed by atoms with E-state index in [0.29, 0.717) is 17.7 Å². The number of rotatable bonds is 7. The van der Waals surface area contributed by atoms with Crippen LogP contribution in [0, 0.1) is 0 Å². The van der Waals surface area contributed by atoms with Crippen molar-refractivity contribution < 1.29 is 33.0 Å². The minimum Gasteiger partial charge on any atom is -0.479 e. The Balaban J connectivity index is 1.37. The van der Waals surface area contributed by atoms with Crippen molar-refractivity contribution >= 4 is 18.0 Å². The van der Waals surface area contributed by atoms with Gasteiger partial charge in [0.05, 0.1) is 6.54 Å². The topological polar surface area (TPSA) is 95.9 Å². The molecule has 0 spiro atoms. The number of carboxylic acid groups (broad SMARTS) is 1. The lowest BCUT2D eigenvalue weighted by atomic mass is 9.95. The average molecular weight is 472 g/mol. The van der Waals surface area contributed by atoms with Crippen LogP contribution in [0.2, 0.25) is 0 Å². The molecular formula is C25H26F2N2O5. The highest BCUT2D eigenvalue weighted by atomic mass is 19.3. The molecule has 0 radical (unpaired) electrons. The molecule has 0 unspecified atom stereocenters. The maximum absolute atomic E-state index is 14.6. The van der Waals surface area contributed by atoms with E-state index in [9.17, 15) is 28.3 Å². The van der Waals surface area contributed by atoms with Gasteiger partial charge in [-0.1, -0.05) is 61.4 Å². The number of likely N-dealkylation sites (N-methyl/N-ethyl adjacent to an activating group) is 1. The van der Waals surface area contributed by atoms with E-state index >= 15 is 0 Å². The fourth-order valence-electron chi connectivity index (χ4n) is 5.00. The van der Waals surface area contributed by atoms with Crippen molar-refractivity contribution in [3.63, 3.8) is 0 Å². The largest absolute Gasteiger partial charge is 0.479 e. The minimum absolute atomic E-state index is 0.0542. The van der Waals surface area contributed by atoms with Crippen molar-refractivity contribution in [2.75, 3.05) is 20.2 Å². The number of aliphatic carboxylic acids is 1. The number of amides is 2. The molecule has 2 aromatic rings. The van der Waals surface area contributed by atoms with Gasteiger partial charge in [0.15, 0.2) is 0 Å². The van der Waals surface area contributed by atoms with Gasteiger partial charge in [-0.2, -0.15) is 8.78 Å². The number of hydrogen-bond donors (Lipinski definition) is 2. The number of nitrogens with one attached hydrogen (secondary N) is 1. The molecule has 0 aromatic heterocycles. The van der Waals surface area contributed by atoms with Gasteiger partial charge in [-0.3, -0.25) is 4.79 Å². The highest BCUT2D eigenvalue weighted by Crippen LogP contribution is 2.44. The summed E-state index contributed by atoms with van der Waals surface area (Å²) in [5, 5.41) is 11.5. The van der Waals surface area contributed by atoms with Crippen LogP contribution in [0.5, 0.6) is 0 Å². The highest BCUT2D eigenvalue weighted by molar-refractivity contribution is 5.91. The Labute approximate surface area is 195 Å². The Morgan fingerprint density at radius 1 is 1.06 bits per heavy atom. The molecule has 34 heavy (non-hydrogen) atoms. The molecule has 180 valence electrons. The van der Waals surface area contributed by atoms with Gasteiger partial charge < -0.3 is 20.1 Å². The zero-order valence-corrected chi connectivity index (χ0v) is 18.7. The number of alkyl carbamates (subject to hydrolysis) is 1. The Morgan fingerprint density at radius 3 is 2.12 bits per heavy atom. The van der Waals surface area contributed by atoms with Crippen molar-refractivity contribution in [1.82, 2.24) is 10.2 Å². The molecule has 0 atom stereocenters. The summed E-state index contributed by atoms with van der Waals surface area (Å²) in [6, 6.07) is 15.4. The maximum Gasteiger partial charge on any atom is 0.407 e. The second-order valence-corrected chi connectivity index (χ2v) is 8.79. The number of fused-ring (bicyclic) bond motifs is 3. The predicted molar refractivity (Wildman–Crippen MR) is 120 cm³/mol. The summed E-state index contributed by atoms with van der Waals surface area (Å²) in [6.45, 7) is -1.34. The highest BCUT2D eigenvalue weighted by Gasteiger charge is 2.53. The van der Waals surface area contributed by atoms with Gasteiger partial charge in [-0.15, -0.1) is 0 Å². The fraction of sp³-hybridized carbons (Fsp3) is 0.400. The molecule has 1 saturated carbocycles. The van der Waals surface area contributed by atoms with E-state index in [0.717, 1.165) is 29.3 Å². The van der Waals surface area contributed by atoms with E-state index in [1.54, 1.807) is 0 Å². The van der Waals surface area contributed by atoms with Crippen LogP contribution in [0.3, 0.4) is 0 Å². The third-order valence-electron chi connectivity index (χ3n) is 6.89. The van der Waals surface area contributed by atoms with Gasteiger partial charge in [0.25, 0.3) is 5.91 Å².